The summed E-state index contributed by atoms with van der Waals surface area (Å²) < 4.78 is 47.5. The summed E-state index contributed by atoms with van der Waals surface area (Å²) >= 11 is 7.80. The van der Waals surface area contributed by atoms with Crippen LogP contribution in [0.2, 0.25) is 5.02 Å². The van der Waals surface area contributed by atoms with Crippen molar-refractivity contribution in [2.45, 2.75) is 63.0 Å². The van der Waals surface area contributed by atoms with E-state index in [1.807, 2.05) is 25.5 Å². The number of carbonyl (C=O) groups excluding carboxylic acids is 3. The highest BCUT2D eigenvalue weighted by Gasteiger charge is 2.38. The van der Waals surface area contributed by atoms with Crippen LogP contribution in [0.15, 0.2) is 23.6 Å². The Labute approximate surface area is 269 Å². The van der Waals surface area contributed by atoms with Gasteiger partial charge in [0.1, 0.15) is 0 Å². The molecule has 3 aliphatic rings. The molecule has 2 saturated heterocycles. The molecule has 0 saturated carbocycles. The lowest BCUT2D eigenvalue weighted by atomic mass is 10.00. The van der Waals surface area contributed by atoms with Crippen LogP contribution in [0.5, 0.6) is 0 Å². The first kappa shape index (κ1) is 33.1. The molecule has 0 unspecified atom stereocenters. The number of benzene rings is 1. The van der Waals surface area contributed by atoms with Crippen LogP contribution < -0.4 is 10.6 Å². The molecule has 2 N–H and O–H groups in total. The summed E-state index contributed by atoms with van der Waals surface area (Å²) in [6.07, 6.45) is -4.51. The van der Waals surface area contributed by atoms with E-state index >= 15 is 0 Å². The van der Waals surface area contributed by atoms with Crippen LogP contribution in [-0.2, 0) is 28.7 Å². The number of nitrogens with one attached hydrogen (secondary N) is 2. The molecule has 5 rings (SSSR count). The van der Waals surface area contributed by atoms with Crippen molar-refractivity contribution in [3.8, 4) is 0 Å². The Morgan fingerprint density at radius 2 is 1.80 bits per heavy atom. The highest BCUT2D eigenvalue weighted by molar-refractivity contribution is 7.10. The summed E-state index contributed by atoms with van der Waals surface area (Å²) in [4.78, 5) is 47.9. The van der Waals surface area contributed by atoms with Gasteiger partial charge in [-0.2, -0.15) is 13.2 Å². The molecule has 4 heterocycles. The second-order valence-electron chi connectivity index (χ2n) is 11.9. The summed E-state index contributed by atoms with van der Waals surface area (Å²) in [5.74, 6) is -0.449. The van der Waals surface area contributed by atoms with E-state index in [0.29, 0.717) is 51.6 Å². The zero-order valence-corrected chi connectivity index (χ0v) is 27.0. The SMILES string of the molecule is CNc1c(Cl)cc(C[C@@H](OC(=O)N2CCC(N3Cc4sccc4NC3=O)CC2)C(=O)N2CCC(N(C)C)CC2)cc1C(F)(F)F. The monoisotopic (exact) mass is 670 g/mol. The fourth-order valence-corrected chi connectivity index (χ4v) is 7.46. The van der Waals surface area contributed by atoms with Crippen molar-refractivity contribution in [1.29, 1.82) is 0 Å². The molecule has 3 aliphatic heterocycles. The lowest BCUT2D eigenvalue weighted by Crippen LogP contribution is -2.52. The van der Waals surface area contributed by atoms with Gasteiger partial charge in [-0.25, -0.2) is 9.59 Å². The lowest BCUT2D eigenvalue weighted by Gasteiger charge is -2.40. The molecular formula is C30H38ClF3N6O4S. The molecule has 0 spiro atoms. The van der Waals surface area contributed by atoms with Gasteiger partial charge >= 0.3 is 18.3 Å². The number of halogens is 4. The lowest BCUT2D eigenvalue weighted by molar-refractivity contribution is -0.142. The Hall–Kier alpha value is -3.23. The first-order chi connectivity index (χ1) is 21.3. The third kappa shape index (κ3) is 7.44. The van der Waals surface area contributed by atoms with Crippen LogP contribution in [0.3, 0.4) is 0 Å². The number of thiophene rings is 1. The van der Waals surface area contributed by atoms with Gasteiger partial charge in [0.15, 0.2) is 6.10 Å². The van der Waals surface area contributed by atoms with E-state index < -0.39 is 29.8 Å². The topological polar surface area (TPSA) is 97.5 Å². The Balaban J connectivity index is 1.29. The predicted molar refractivity (Wildman–Crippen MR) is 167 cm³/mol. The number of urea groups is 1. The Kier molecular flexibility index (Phi) is 10.0. The molecule has 0 bridgehead atoms. The maximum absolute atomic E-state index is 13.9. The van der Waals surface area contributed by atoms with Gasteiger partial charge in [0, 0.05) is 56.6 Å². The van der Waals surface area contributed by atoms with Gasteiger partial charge in [-0.3, -0.25) is 4.79 Å². The molecular weight excluding hydrogens is 633 g/mol. The predicted octanol–water partition coefficient (Wildman–Crippen LogP) is 5.57. The van der Waals surface area contributed by atoms with Crippen molar-refractivity contribution in [2.75, 3.05) is 58.0 Å². The second-order valence-corrected chi connectivity index (χ2v) is 13.3. The number of fused-ring (bicyclic) bond motifs is 1. The normalized spacial score (nSPS) is 18.9. The molecule has 2 fully saturated rings. The van der Waals surface area contributed by atoms with E-state index in [-0.39, 0.29) is 34.8 Å². The number of hydrogen-bond acceptors (Lipinski definition) is 7. The number of nitrogens with zero attached hydrogens (tertiary/aromatic N) is 4. The molecule has 246 valence electrons. The van der Waals surface area contributed by atoms with E-state index in [9.17, 15) is 27.6 Å². The summed E-state index contributed by atoms with van der Waals surface area (Å²) in [5, 5.41) is 7.19. The van der Waals surface area contributed by atoms with Gasteiger partial charge in [-0.15, -0.1) is 11.3 Å². The highest BCUT2D eigenvalue weighted by Crippen LogP contribution is 2.40. The summed E-state index contributed by atoms with van der Waals surface area (Å²) in [7, 11) is 5.30. The number of alkyl halides is 3. The van der Waals surface area contributed by atoms with Crippen LogP contribution in [0.1, 0.15) is 41.7 Å². The summed E-state index contributed by atoms with van der Waals surface area (Å²) in [5.41, 5.74) is -0.272. The van der Waals surface area contributed by atoms with Crippen molar-refractivity contribution in [2.24, 2.45) is 0 Å². The maximum Gasteiger partial charge on any atom is 0.418 e. The number of carbonyl (C=O) groups is 3. The van der Waals surface area contributed by atoms with E-state index in [4.69, 9.17) is 16.3 Å². The number of rotatable bonds is 7. The molecule has 1 aromatic heterocycles. The highest BCUT2D eigenvalue weighted by atomic mass is 35.5. The smallest absolute Gasteiger partial charge is 0.418 e. The van der Waals surface area contributed by atoms with Crippen molar-refractivity contribution >= 4 is 52.3 Å². The number of ether oxygens (including phenoxy) is 1. The van der Waals surface area contributed by atoms with Crippen molar-refractivity contribution in [1.82, 2.24) is 19.6 Å². The third-order valence-electron chi connectivity index (χ3n) is 8.88. The number of likely N-dealkylation sites (tertiary alicyclic amines) is 2. The average Bonchev–Trinajstić information content (AvgIpc) is 3.46. The van der Waals surface area contributed by atoms with Crippen LogP contribution in [-0.4, -0.2) is 103 Å². The van der Waals surface area contributed by atoms with Crippen molar-refractivity contribution < 1.29 is 32.3 Å². The van der Waals surface area contributed by atoms with Gasteiger partial charge in [0.2, 0.25) is 0 Å². The van der Waals surface area contributed by atoms with Crippen molar-refractivity contribution in [3.63, 3.8) is 0 Å². The maximum atomic E-state index is 13.9. The van der Waals surface area contributed by atoms with Gasteiger partial charge in [-0.1, -0.05) is 11.6 Å². The average molecular weight is 671 g/mol. The fourth-order valence-electron chi connectivity index (χ4n) is 6.30. The number of piperidine rings is 2. The quantitative estimate of drug-likeness (QED) is 0.400. The minimum absolute atomic E-state index is 0.0756. The fraction of sp³-hybridized carbons (Fsp3) is 0.567. The molecule has 4 amide bonds. The largest absolute Gasteiger partial charge is 0.436 e. The van der Waals surface area contributed by atoms with Crippen LogP contribution in [0, 0.1) is 0 Å². The second kappa shape index (κ2) is 13.6. The summed E-state index contributed by atoms with van der Waals surface area (Å²) in [6, 6.07) is 4.23. The van der Waals surface area contributed by atoms with Crippen molar-refractivity contribution in [3.05, 3.63) is 44.6 Å². The number of hydrogen-bond donors (Lipinski definition) is 2. The molecule has 15 heteroatoms. The standard InChI is InChI=1S/C30H38ClF3N6O4S/c1-35-26-21(30(32,33)34)14-18(15-22(26)31)16-24(27(41)38-9-4-19(5-10-38)37(2)3)44-29(43)39-11-6-20(7-12-39)40-17-25-23(8-13-45-25)36-28(40)42/h8,13-15,19-20,24,35H,4-7,9-12,16-17H2,1-3H3,(H,36,42)/t24-/m1/s1. The Bertz CT molecular complexity index is 1410. The number of anilines is 2. The molecule has 2 aromatic rings. The third-order valence-corrected chi connectivity index (χ3v) is 10.1. The van der Waals surface area contributed by atoms with E-state index in [0.717, 1.165) is 29.5 Å². The summed E-state index contributed by atoms with van der Waals surface area (Å²) in [6.45, 7) is 2.00. The molecule has 0 radical (unpaired) electrons. The van der Waals surface area contributed by atoms with E-state index in [1.54, 1.807) is 21.1 Å². The van der Waals surface area contributed by atoms with Crippen LogP contribution in [0.4, 0.5) is 34.1 Å². The minimum Gasteiger partial charge on any atom is -0.436 e. The van der Waals surface area contributed by atoms with E-state index in [1.165, 1.54) is 18.0 Å². The Morgan fingerprint density at radius 1 is 1.13 bits per heavy atom. The van der Waals surface area contributed by atoms with Crippen LogP contribution in [0.25, 0.3) is 0 Å². The zero-order valence-electron chi connectivity index (χ0n) is 25.5. The molecule has 0 aliphatic carbocycles. The molecule has 10 nitrogen and oxygen atoms in total. The molecule has 45 heavy (non-hydrogen) atoms. The number of amides is 4. The minimum atomic E-state index is -4.69. The molecule has 1 aromatic carbocycles. The van der Waals surface area contributed by atoms with Gasteiger partial charge < -0.3 is 35.0 Å². The van der Waals surface area contributed by atoms with Crippen LogP contribution >= 0.6 is 22.9 Å². The molecule has 1 atom stereocenters. The van der Waals surface area contributed by atoms with Gasteiger partial charge in [0.05, 0.1) is 28.5 Å². The van der Waals surface area contributed by atoms with Gasteiger partial charge in [-0.05, 0) is 68.9 Å². The Morgan fingerprint density at radius 3 is 2.42 bits per heavy atom. The first-order valence-electron chi connectivity index (χ1n) is 15.0. The van der Waals surface area contributed by atoms with E-state index in [2.05, 4.69) is 15.5 Å². The van der Waals surface area contributed by atoms with Gasteiger partial charge in [0.25, 0.3) is 5.91 Å². The first-order valence-corrected chi connectivity index (χ1v) is 16.2. The zero-order chi connectivity index (χ0) is 32.5.